The molecule has 0 aliphatic heterocycles. The van der Waals surface area contributed by atoms with Gasteiger partial charge in [-0.15, -0.1) is 0 Å². The van der Waals surface area contributed by atoms with E-state index in [9.17, 15) is 0 Å². The molecular formula is C13H16N2O2. The Morgan fingerprint density at radius 1 is 1.24 bits per heavy atom. The van der Waals surface area contributed by atoms with Crippen LogP contribution in [0.5, 0.6) is 5.75 Å². The Balaban J connectivity index is 2.21. The zero-order chi connectivity index (χ0) is 12.3. The Morgan fingerprint density at radius 2 is 1.94 bits per heavy atom. The molecule has 0 N–H and O–H groups in total. The highest BCUT2D eigenvalue weighted by Gasteiger charge is 2.11. The van der Waals surface area contributed by atoms with E-state index in [4.69, 9.17) is 9.26 Å². The van der Waals surface area contributed by atoms with E-state index < -0.39 is 0 Å². The van der Waals surface area contributed by atoms with Gasteiger partial charge in [0.05, 0.1) is 6.61 Å². The van der Waals surface area contributed by atoms with Crippen LogP contribution in [-0.4, -0.2) is 16.7 Å². The zero-order valence-corrected chi connectivity index (χ0v) is 10.3. The van der Waals surface area contributed by atoms with Gasteiger partial charge in [-0.2, -0.15) is 4.98 Å². The van der Waals surface area contributed by atoms with Crippen LogP contribution in [0.3, 0.4) is 0 Å². The minimum atomic E-state index is 0.249. The van der Waals surface area contributed by atoms with Crippen molar-refractivity contribution in [2.24, 2.45) is 0 Å². The number of benzene rings is 1. The maximum atomic E-state index is 5.38. The Bertz CT molecular complexity index is 474. The van der Waals surface area contributed by atoms with E-state index in [1.54, 1.807) is 0 Å². The van der Waals surface area contributed by atoms with Crippen LogP contribution in [0.15, 0.2) is 28.8 Å². The van der Waals surface area contributed by atoms with Crippen LogP contribution in [0.1, 0.15) is 32.6 Å². The highest BCUT2D eigenvalue weighted by molar-refractivity contribution is 5.55. The van der Waals surface area contributed by atoms with E-state index >= 15 is 0 Å². The average Bonchev–Trinajstić information content (AvgIpc) is 2.80. The molecule has 1 aromatic heterocycles. The second kappa shape index (κ2) is 4.99. The summed E-state index contributed by atoms with van der Waals surface area (Å²) in [5.41, 5.74) is 0.934. The molecule has 0 aliphatic rings. The first kappa shape index (κ1) is 11.6. The van der Waals surface area contributed by atoms with Crippen LogP contribution in [-0.2, 0) is 0 Å². The Kier molecular flexibility index (Phi) is 3.42. The first-order valence-corrected chi connectivity index (χ1v) is 5.77. The molecule has 0 fully saturated rings. The molecule has 0 saturated heterocycles. The molecule has 0 unspecified atom stereocenters. The minimum absolute atomic E-state index is 0.249. The largest absolute Gasteiger partial charge is 0.494 e. The summed E-state index contributed by atoms with van der Waals surface area (Å²) in [5.74, 6) is 2.38. The van der Waals surface area contributed by atoms with Gasteiger partial charge < -0.3 is 9.26 Å². The third-order valence-electron chi connectivity index (χ3n) is 2.36. The van der Waals surface area contributed by atoms with E-state index in [-0.39, 0.29) is 5.92 Å². The molecular weight excluding hydrogens is 216 g/mol. The molecule has 4 heteroatoms. The van der Waals surface area contributed by atoms with E-state index in [1.165, 1.54) is 0 Å². The van der Waals surface area contributed by atoms with Gasteiger partial charge in [-0.25, -0.2) is 0 Å². The number of ether oxygens (including phenoxy) is 1. The molecule has 0 aliphatic carbocycles. The fourth-order valence-corrected chi connectivity index (χ4v) is 1.45. The van der Waals surface area contributed by atoms with Crippen molar-refractivity contribution in [2.45, 2.75) is 26.7 Å². The molecule has 17 heavy (non-hydrogen) atoms. The van der Waals surface area contributed by atoms with Crippen molar-refractivity contribution in [1.29, 1.82) is 0 Å². The molecule has 2 rings (SSSR count). The van der Waals surface area contributed by atoms with Crippen LogP contribution in [0, 0.1) is 0 Å². The summed E-state index contributed by atoms with van der Waals surface area (Å²) >= 11 is 0. The number of hydrogen-bond donors (Lipinski definition) is 0. The summed E-state index contributed by atoms with van der Waals surface area (Å²) in [7, 11) is 0. The summed E-state index contributed by atoms with van der Waals surface area (Å²) in [5, 5.41) is 3.96. The highest BCUT2D eigenvalue weighted by atomic mass is 16.5. The minimum Gasteiger partial charge on any atom is -0.494 e. The topological polar surface area (TPSA) is 48.2 Å². The van der Waals surface area contributed by atoms with E-state index in [2.05, 4.69) is 10.1 Å². The lowest BCUT2D eigenvalue weighted by atomic mass is 10.2. The van der Waals surface area contributed by atoms with E-state index in [1.807, 2.05) is 45.0 Å². The van der Waals surface area contributed by atoms with Crippen molar-refractivity contribution in [3.8, 4) is 17.1 Å². The molecule has 2 aromatic rings. The van der Waals surface area contributed by atoms with Crippen molar-refractivity contribution < 1.29 is 9.26 Å². The van der Waals surface area contributed by atoms with Crippen molar-refractivity contribution in [3.05, 3.63) is 30.2 Å². The number of aromatic nitrogens is 2. The zero-order valence-electron chi connectivity index (χ0n) is 10.3. The first-order chi connectivity index (χ1) is 8.20. The Labute approximate surface area is 101 Å². The summed E-state index contributed by atoms with van der Waals surface area (Å²) in [6.07, 6.45) is 0. The quantitative estimate of drug-likeness (QED) is 0.811. The lowest BCUT2D eigenvalue weighted by molar-refractivity contribution is 0.340. The third-order valence-corrected chi connectivity index (χ3v) is 2.36. The third kappa shape index (κ3) is 2.64. The summed E-state index contributed by atoms with van der Waals surface area (Å²) < 4.78 is 10.5. The van der Waals surface area contributed by atoms with Crippen LogP contribution in [0.25, 0.3) is 11.4 Å². The van der Waals surface area contributed by atoms with Crippen molar-refractivity contribution in [2.75, 3.05) is 6.61 Å². The lowest BCUT2D eigenvalue weighted by Gasteiger charge is -2.02. The number of hydrogen-bond acceptors (Lipinski definition) is 4. The summed E-state index contributed by atoms with van der Waals surface area (Å²) in [6.45, 7) is 6.67. The first-order valence-electron chi connectivity index (χ1n) is 5.77. The number of rotatable bonds is 4. The second-order valence-corrected chi connectivity index (χ2v) is 4.07. The monoisotopic (exact) mass is 232 g/mol. The summed E-state index contributed by atoms with van der Waals surface area (Å²) in [4.78, 5) is 4.34. The maximum absolute atomic E-state index is 5.38. The predicted octanol–water partition coefficient (Wildman–Crippen LogP) is 3.26. The molecule has 1 aromatic carbocycles. The van der Waals surface area contributed by atoms with Crippen molar-refractivity contribution in [1.82, 2.24) is 10.1 Å². The lowest BCUT2D eigenvalue weighted by Crippen LogP contribution is -1.91. The van der Waals surface area contributed by atoms with Gasteiger partial charge in [-0.3, -0.25) is 0 Å². The fraction of sp³-hybridized carbons (Fsp3) is 0.385. The van der Waals surface area contributed by atoms with Crippen LogP contribution in [0.4, 0.5) is 0 Å². The van der Waals surface area contributed by atoms with Crippen molar-refractivity contribution >= 4 is 0 Å². The molecule has 1 heterocycles. The molecule has 0 bridgehead atoms. The molecule has 0 atom stereocenters. The van der Waals surface area contributed by atoms with Crippen LogP contribution in [0.2, 0.25) is 0 Å². The summed E-state index contributed by atoms with van der Waals surface area (Å²) in [6, 6.07) is 7.67. The molecule has 0 spiro atoms. The van der Waals surface area contributed by atoms with E-state index in [0.29, 0.717) is 18.3 Å². The Morgan fingerprint density at radius 3 is 2.47 bits per heavy atom. The van der Waals surface area contributed by atoms with Gasteiger partial charge >= 0.3 is 0 Å². The molecule has 0 amide bonds. The Hall–Kier alpha value is -1.84. The maximum Gasteiger partial charge on any atom is 0.229 e. The standard InChI is InChI=1S/C13H16N2O2/c1-4-16-11-7-5-10(6-8-11)12-14-13(9(2)3)17-15-12/h5-9H,4H2,1-3H3. The highest BCUT2D eigenvalue weighted by Crippen LogP contribution is 2.21. The number of nitrogens with zero attached hydrogens (tertiary/aromatic N) is 2. The van der Waals surface area contributed by atoms with Gasteiger partial charge in [-0.05, 0) is 31.2 Å². The molecule has 0 radical (unpaired) electrons. The molecule has 90 valence electrons. The fourth-order valence-electron chi connectivity index (χ4n) is 1.45. The predicted molar refractivity (Wildman–Crippen MR) is 65.0 cm³/mol. The SMILES string of the molecule is CCOc1ccc(-c2noc(C(C)C)n2)cc1. The van der Waals surface area contributed by atoms with Gasteiger partial charge in [0.15, 0.2) is 0 Å². The van der Waals surface area contributed by atoms with Crippen molar-refractivity contribution in [3.63, 3.8) is 0 Å². The van der Waals surface area contributed by atoms with Gasteiger partial charge in [0.1, 0.15) is 5.75 Å². The average molecular weight is 232 g/mol. The second-order valence-electron chi connectivity index (χ2n) is 4.07. The van der Waals surface area contributed by atoms with Gasteiger partial charge in [0, 0.05) is 11.5 Å². The van der Waals surface area contributed by atoms with Crippen LogP contribution >= 0.6 is 0 Å². The van der Waals surface area contributed by atoms with E-state index in [0.717, 1.165) is 11.3 Å². The van der Waals surface area contributed by atoms with Gasteiger partial charge in [0.2, 0.25) is 11.7 Å². The molecule has 0 saturated carbocycles. The van der Waals surface area contributed by atoms with Gasteiger partial charge in [0.25, 0.3) is 0 Å². The van der Waals surface area contributed by atoms with Gasteiger partial charge in [-0.1, -0.05) is 19.0 Å². The normalized spacial score (nSPS) is 10.8. The van der Waals surface area contributed by atoms with Crippen LogP contribution < -0.4 is 4.74 Å². The smallest absolute Gasteiger partial charge is 0.229 e. The molecule has 4 nitrogen and oxygen atoms in total.